The third-order valence-corrected chi connectivity index (χ3v) is 6.50. The third-order valence-electron chi connectivity index (χ3n) is 6.50. The van der Waals surface area contributed by atoms with E-state index in [-0.39, 0.29) is 30.0 Å². The minimum absolute atomic E-state index is 0.0959. The van der Waals surface area contributed by atoms with Gasteiger partial charge in [0.25, 0.3) is 5.91 Å². The maximum Gasteiger partial charge on any atom is 0.573 e. The zero-order valence-corrected chi connectivity index (χ0v) is 20.8. The van der Waals surface area contributed by atoms with Crippen molar-refractivity contribution in [2.75, 3.05) is 50.0 Å². The third kappa shape index (κ3) is 7.23. The van der Waals surface area contributed by atoms with Crippen molar-refractivity contribution in [1.29, 1.82) is 0 Å². The highest BCUT2D eigenvalue weighted by molar-refractivity contribution is 6.03. The van der Waals surface area contributed by atoms with Gasteiger partial charge in [-0.25, -0.2) is 0 Å². The first kappa shape index (κ1) is 27.4. The Morgan fingerprint density at radius 1 is 1.00 bits per heavy atom. The number of morpholine rings is 1. The Morgan fingerprint density at radius 3 is 2.34 bits per heavy atom. The van der Waals surface area contributed by atoms with E-state index in [0.29, 0.717) is 62.6 Å². The van der Waals surface area contributed by atoms with Crippen LogP contribution in [-0.2, 0) is 14.3 Å². The molecule has 2 aromatic carbocycles. The lowest BCUT2D eigenvalue weighted by Gasteiger charge is -2.47. The average molecular weight is 535 g/mol. The molecule has 2 saturated heterocycles. The maximum absolute atomic E-state index is 13.2. The highest BCUT2D eigenvalue weighted by atomic mass is 19.4. The summed E-state index contributed by atoms with van der Waals surface area (Å²) in [6, 6.07) is 11.8. The summed E-state index contributed by atoms with van der Waals surface area (Å²) in [5, 5.41) is 5.38. The second-order valence-electron chi connectivity index (χ2n) is 9.38. The molecule has 0 aliphatic carbocycles. The zero-order chi connectivity index (χ0) is 27.3. The predicted molar refractivity (Wildman–Crippen MR) is 133 cm³/mol. The zero-order valence-electron chi connectivity index (χ0n) is 20.8. The molecule has 9 nitrogen and oxygen atoms in total. The number of hydrogen-bond donors (Lipinski definition) is 2. The molecule has 2 aliphatic rings. The standard InChI is InChI=1S/C26H29F3N4O5/c1-18(34)30-22-5-3-2-4-21(22)24(36)33-12-10-25(11-13-33)17-32(14-15-37-25)16-23(35)31-19-6-8-20(9-7-19)38-26(27,28)29/h2-9H,10-17H2,1H3,(H,30,34)(H,31,35). The van der Waals surface area contributed by atoms with Gasteiger partial charge in [0, 0.05) is 38.8 Å². The van der Waals surface area contributed by atoms with E-state index in [4.69, 9.17) is 4.74 Å². The van der Waals surface area contributed by atoms with Crippen molar-refractivity contribution in [2.24, 2.45) is 0 Å². The summed E-state index contributed by atoms with van der Waals surface area (Å²) in [7, 11) is 0. The van der Waals surface area contributed by atoms with Crippen molar-refractivity contribution in [3.8, 4) is 5.75 Å². The molecule has 2 heterocycles. The summed E-state index contributed by atoms with van der Waals surface area (Å²) in [4.78, 5) is 41.0. The fourth-order valence-corrected chi connectivity index (χ4v) is 4.76. The molecule has 38 heavy (non-hydrogen) atoms. The first-order chi connectivity index (χ1) is 18.0. The number of para-hydroxylation sites is 1. The molecule has 2 aliphatic heterocycles. The van der Waals surface area contributed by atoms with E-state index < -0.39 is 12.0 Å². The van der Waals surface area contributed by atoms with Crippen LogP contribution >= 0.6 is 0 Å². The molecule has 2 aromatic rings. The Kier molecular flexibility index (Phi) is 8.22. The first-order valence-corrected chi connectivity index (χ1v) is 12.2. The number of nitrogens with one attached hydrogen (secondary N) is 2. The molecule has 0 unspecified atom stereocenters. The number of likely N-dealkylation sites (tertiary alicyclic amines) is 1. The largest absolute Gasteiger partial charge is 0.573 e. The fraction of sp³-hybridized carbons (Fsp3) is 0.423. The maximum atomic E-state index is 13.2. The van der Waals surface area contributed by atoms with E-state index >= 15 is 0 Å². The normalized spacial score (nSPS) is 17.6. The molecular formula is C26H29F3N4O5. The molecule has 12 heteroatoms. The van der Waals surface area contributed by atoms with Crippen molar-refractivity contribution in [2.45, 2.75) is 31.7 Å². The Morgan fingerprint density at radius 2 is 1.68 bits per heavy atom. The number of piperidine rings is 1. The summed E-state index contributed by atoms with van der Waals surface area (Å²) >= 11 is 0. The quantitative estimate of drug-likeness (QED) is 0.589. The van der Waals surface area contributed by atoms with E-state index in [1.165, 1.54) is 19.1 Å². The highest BCUT2D eigenvalue weighted by Gasteiger charge is 2.41. The van der Waals surface area contributed by atoms with Crippen molar-refractivity contribution in [3.63, 3.8) is 0 Å². The minimum Gasteiger partial charge on any atom is -0.406 e. The molecule has 0 saturated carbocycles. The number of nitrogens with zero attached hydrogens (tertiary/aromatic N) is 2. The number of ether oxygens (including phenoxy) is 2. The fourth-order valence-electron chi connectivity index (χ4n) is 4.76. The number of halogens is 3. The van der Waals surface area contributed by atoms with Gasteiger partial charge < -0.3 is 25.0 Å². The molecule has 0 aromatic heterocycles. The molecule has 0 radical (unpaired) electrons. The van der Waals surface area contributed by atoms with Gasteiger partial charge in [0.05, 0.1) is 30.0 Å². The van der Waals surface area contributed by atoms with E-state index in [9.17, 15) is 27.6 Å². The molecule has 204 valence electrons. The molecule has 4 rings (SSSR count). The number of anilines is 2. The van der Waals surface area contributed by atoms with Gasteiger partial charge in [-0.1, -0.05) is 12.1 Å². The van der Waals surface area contributed by atoms with Crippen LogP contribution in [0.15, 0.2) is 48.5 Å². The molecule has 2 fully saturated rings. The second-order valence-corrected chi connectivity index (χ2v) is 9.38. The van der Waals surface area contributed by atoms with Gasteiger partial charge in [-0.2, -0.15) is 0 Å². The van der Waals surface area contributed by atoms with Gasteiger partial charge in [0.15, 0.2) is 0 Å². The van der Waals surface area contributed by atoms with Crippen LogP contribution in [0.2, 0.25) is 0 Å². The number of carbonyl (C=O) groups is 3. The van der Waals surface area contributed by atoms with Crippen LogP contribution in [0.5, 0.6) is 5.75 Å². The van der Waals surface area contributed by atoms with Crippen LogP contribution in [-0.4, -0.2) is 78.8 Å². The van der Waals surface area contributed by atoms with E-state index in [0.717, 1.165) is 12.1 Å². The number of hydrogen-bond acceptors (Lipinski definition) is 6. The van der Waals surface area contributed by atoms with Crippen LogP contribution in [0.1, 0.15) is 30.1 Å². The number of carbonyl (C=O) groups excluding carboxylic acids is 3. The average Bonchev–Trinajstić information content (AvgIpc) is 2.84. The van der Waals surface area contributed by atoms with E-state index in [1.807, 2.05) is 4.90 Å². The monoisotopic (exact) mass is 534 g/mol. The Labute approximate surface area is 217 Å². The van der Waals surface area contributed by atoms with Gasteiger partial charge in [-0.05, 0) is 49.2 Å². The smallest absolute Gasteiger partial charge is 0.406 e. The summed E-state index contributed by atoms with van der Waals surface area (Å²) in [5.41, 5.74) is 0.778. The lowest BCUT2D eigenvalue weighted by Crippen LogP contribution is -2.58. The highest BCUT2D eigenvalue weighted by Crippen LogP contribution is 2.31. The topological polar surface area (TPSA) is 100 Å². The predicted octanol–water partition coefficient (Wildman–Crippen LogP) is 3.49. The first-order valence-electron chi connectivity index (χ1n) is 12.2. The number of amides is 3. The van der Waals surface area contributed by atoms with Crippen LogP contribution in [0.3, 0.4) is 0 Å². The second kappa shape index (κ2) is 11.4. The molecule has 2 N–H and O–H groups in total. The van der Waals surface area contributed by atoms with Crippen molar-refractivity contribution >= 4 is 29.1 Å². The number of benzene rings is 2. The van der Waals surface area contributed by atoms with E-state index in [1.54, 1.807) is 29.2 Å². The van der Waals surface area contributed by atoms with Crippen LogP contribution in [0.25, 0.3) is 0 Å². The summed E-state index contributed by atoms with van der Waals surface area (Å²) in [5.74, 6) is -1.08. The molecule has 0 bridgehead atoms. The van der Waals surface area contributed by atoms with Crippen molar-refractivity contribution in [1.82, 2.24) is 9.80 Å². The Balaban J connectivity index is 1.29. The number of alkyl halides is 3. The Bertz CT molecular complexity index is 1160. The Hall–Kier alpha value is -3.64. The van der Waals surface area contributed by atoms with Crippen molar-refractivity contribution < 1.29 is 37.0 Å². The van der Waals surface area contributed by atoms with Crippen LogP contribution in [0, 0.1) is 0 Å². The molecule has 0 atom stereocenters. The summed E-state index contributed by atoms with van der Waals surface area (Å²) in [6.07, 6.45) is -3.59. The SMILES string of the molecule is CC(=O)Nc1ccccc1C(=O)N1CCC2(CC1)CN(CC(=O)Nc1ccc(OC(F)(F)F)cc1)CCO2. The molecule has 3 amide bonds. The summed E-state index contributed by atoms with van der Waals surface area (Å²) in [6.45, 7) is 3.94. The van der Waals surface area contributed by atoms with Crippen molar-refractivity contribution in [3.05, 3.63) is 54.1 Å². The van der Waals surface area contributed by atoms with Gasteiger partial charge >= 0.3 is 6.36 Å². The molecular weight excluding hydrogens is 505 g/mol. The van der Waals surface area contributed by atoms with Crippen LogP contribution in [0.4, 0.5) is 24.5 Å². The number of rotatable bonds is 6. The lowest BCUT2D eigenvalue weighted by molar-refractivity contribution is -0.274. The minimum atomic E-state index is -4.78. The van der Waals surface area contributed by atoms with Crippen LogP contribution < -0.4 is 15.4 Å². The lowest BCUT2D eigenvalue weighted by atomic mass is 9.89. The van der Waals surface area contributed by atoms with E-state index in [2.05, 4.69) is 15.4 Å². The van der Waals surface area contributed by atoms with Gasteiger partial charge in [-0.15, -0.1) is 13.2 Å². The summed E-state index contributed by atoms with van der Waals surface area (Å²) < 4.78 is 46.9. The van der Waals surface area contributed by atoms with Gasteiger partial charge in [0.2, 0.25) is 11.8 Å². The van der Waals surface area contributed by atoms with Gasteiger partial charge in [0.1, 0.15) is 5.75 Å². The molecule has 1 spiro atoms. The van der Waals surface area contributed by atoms with Gasteiger partial charge in [-0.3, -0.25) is 19.3 Å².